The molecule has 1 atom stereocenters. The van der Waals surface area contributed by atoms with Crippen LogP contribution in [0.15, 0.2) is 28.7 Å². The highest BCUT2D eigenvalue weighted by atomic mass is 79.9. The van der Waals surface area contributed by atoms with Gasteiger partial charge >= 0.3 is 0 Å². The van der Waals surface area contributed by atoms with E-state index in [9.17, 15) is 9.90 Å². The van der Waals surface area contributed by atoms with Crippen LogP contribution in [0.2, 0.25) is 0 Å². The number of carbonyl (C=O) groups excluding carboxylic acids is 1. The van der Waals surface area contributed by atoms with Crippen LogP contribution in [-0.2, 0) is 11.2 Å². The highest BCUT2D eigenvalue weighted by Gasteiger charge is 2.26. The van der Waals surface area contributed by atoms with Gasteiger partial charge in [-0.15, -0.1) is 0 Å². The maximum absolute atomic E-state index is 12.3. The molecule has 1 aliphatic heterocycles. The predicted octanol–water partition coefficient (Wildman–Crippen LogP) is 3.00. The Hall–Kier alpha value is -0.870. The second-order valence-corrected chi connectivity index (χ2v) is 6.42. The molecule has 110 valence electrons. The summed E-state index contributed by atoms with van der Waals surface area (Å²) in [6.07, 6.45) is 2.88. The summed E-state index contributed by atoms with van der Waals surface area (Å²) in [5.41, 5.74) is 1.04. The molecule has 1 aromatic rings. The van der Waals surface area contributed by atoms with Gasteiger partial charge in [0.05, 0.1) is 12.5 Å². The number of hydrogen-bond acceptors (Lipinski definition) is 2. The molecule has 1 unspecified atom stereocenters. The molecule has 4 heteroatoms. The average molecular weight is 340 g/mol. The molecule has 1 aromatic carbocycles. The van der Waals surface area contributed by atoms with Crippen molar-refractivity contribution in [3.63, 3.8) is 0 Å². The molecule has 20 heavy (non-hydrogen) atoms. The van der Waals surface area contributed by atoms with Crippen molar-refractivity contribution < 1.29 is 9.90 Å². The van der Waals surface area contributed by atoms with Crippen molar-refractivity contribution in [2.24, 2.45) is 5.92 Å². The van der Waals surface area contributed by atoms with Gasteiger partial charge in [-0.2, -0.15) is 0 Å². The summed E-state index contributed by atoms with van der Waals surface area (Å²) < 4.78 is 1.01. The van der Waals surface area contributed by atoms with Crippen LogP contribution in [0, 0.1) is 5.92 Å². The maximum Gasteiger partial charge on any atom is 0.226 e. The molecule has 0 bridgehead atoms. The molecule has 1 N–H and O–H groups in total. The first-order valence-electron chi connectivity index (χ1n) is 7.30. The summed E-state index contributed by atoms with van der Waals surface area (Å²) in [6.45, 7) is 3.55. The van der Waals surface area contributed by atoms with Crippen LogP contribution >= 0.6 is 15.9 Å². The smallest absolute Gasteiger partial charge is 0.226 e. The third-order valence-corrected chi connectivity index (χ3v) is 4.59. The van der Waals surface area contributed by atoms with E-state index in [1.165, 1.54) is 0 Å². The van der Waals surface area contributed by atoms with Gasteiger partial charge in [0.1, 0.15) is 0 Å². The Morgan fingerprint density at radius 2 is 2.15 bits per heavy atom. The van der Waals surface area contributed by atoms with E-state index < -0.39 is 0 Å². The van der Waals surface area contributed by atoms with E-state index in [1.54, 1.807) is 0 Å². The van der Waals surface area contributed by atoms with Gasteiger partial charge in [0.2, 0.25) is 5.91 Å². The fourth-order valence-electron chi connectivity index (χ4n) is 2.80. The van der Waals surface area contributed by atoms with Gasteiger partial charge in [-0.25, -0.2) is 0 Å². The van der Waals surface area contributed by atoms with Crippen molar-refractivity contribution in [2.75, 3.05) is 13.1 Å². The van der Waals surface area contributed by atoms with Gasteiger partial charge in [-0.1, -0.05) is 35.0 Å². The molecule has 1 amide bonds. The summed E-state index contributed by atoms with van der Waals surface area (Å²) in [5.74, 6) is 0.544. The number of likely N-dealkylation sites (tertiary alicyclic amines) is 1. The number of nitrogens with zero attached hydrogens (tertiary/aromatic N) is 1. The molecular formula is C16H22BrNO2. The first-order chi connectivity index (χ1) is 9.60. The van der Waals surface area contributed by atoms with E-state index in [2.05, 4.69) is 15.9 Å². The number of aliphatic hydroxyl groups excluding tert-OH is 1. The summed E-state index contributed by atoms with van der Waals surface area (Å²) in [6, 6.07) is 7.89. The highest BCUT2D eigenvalue weighted by molar-refractivity contribution is 9.10. The number of piperidine rings is 1. The van der Waals surface area contributed by atoms with Crippen LogP contribution in [0.4, 0.5) is 0 Å². The molecule has 0 radical (unpaired) electrons. The Morgan fingerprint density at radius 1 is 1.45 bits per heavy atom. The van der Waals surface area contributed by atoms with Crippen molar-refractivity contribution in [2.45, 2.75) is 38.7 Å². The molecule has 1 aliphatic rings. The molecule has 0 aliphatic carbocycles. The lowest BCUT2D eigenvalue weighted by atomic mass is 9.90. The van der Waals surface area contributed by atoms with E-state index in [4.69, 9.17) is 0 Å². The Balaban J connectivity index is 1.86. The monoisotopic (exact) mass is 339 g/mol. The fourth-order valence-corrected chi connectivity index (χ4v) is 3.25. The molecule has 1 heterocycles. The highest BCUT2D eigenvalue weighted by Crippen LogP contribution is 2.23. The molecule has 1 fully saturated rings. The lowest BCUT2D eigenvalue weighted by Crippen LogP contribution is -2.41. The predicted molar refractivity (Wildman–Crippen MR) is 83.4 cm³/mol. The fraction of sp³-hybridized carbons (Fsp3) is 0.562. The summed E-state index contributed by atoms with van der Waals surface area (Å²) in [5, 5.41) is 9.86. The Labute approximate surface area is 129 Å². The topological polar surface area (TPSA) is 40.5 Å². The second-order valence-electron chi connectivity index (χ2n) is 5.50. The number of halogens is 1. The van der Waals surface area contributed by atoms with Gasteiger partial charge in [-0.3, -0.25) is 4.79 Å². The third-order valence-electron chi connectivity index (χ3n) is 4.10. The van der Waals surface area contributed by atoms with Gasteiger partial charge < -0.3 is 10.0 Å². The summed E-state index contributed by atoms with van der Waals surface area (Å²) >= 11 is 3.43. The Morgan fingerprint density at radius 3 is 2.75 bits per heavy atom. The van der Waals surface area contributed by atoms with Crippen LogP contribution in [0.1, 0.15) is 31.7 Å². The van der Waals surface area contributed by atoms with Crippen LogP contribution in [0.5, 0.6) is 0 Å². The maximum atomic E-state index is 12.3. The van der Waals surface area contributed by atoms with Gasteiger partial charge in [-0.05, 0) is 42.9 Å². The van der Waals surface area contributed by atoms with E-state index in [-0.39, 0.29) is 12.0 Å². The van der Waals surface area contributed by atoms with Crippen molar-refractivity contribution in [3.8, 4) is 0 Å². The molecule has 0 saturated carbocycles. The minimum atomic E-state index is -0.211. The second kappa shape index (κ2) is 7.23. The number of rotatable bonds is 4. The van der Waals surface area contributed by atoms with Crippen molar-refractivity contribution >= 4 is 21.8 Å². The van der Waals surface area contributed by atoms with Crippen LogP contribution < -0.4 is 0 Å². The van der Waals surface area contributed by atoms with Gasteiger partial charge in [0, 0.05) is 17.6 Å². The lowest BCUT2D eigenvalue weighted by Gasteiger charge is -2.34. The Bertz CT molecular complexity index is 456. The molecule has 3 nitrogen and oxygen atoms in total. The van der Waals surface area contributed by atoms with Crippen LogP contribution in [-0.4, -0.2) is 35.1 Å². The number of hydrogen-bond donors (Lipinski definition) is 1. The van der Waals surface area contributed by atoms with Crippen molar-refractivity contribution in [1.29, 1.82) is 0 Å². The largest absolute Gasteiger partial charge is 0.393 e. The third kappa shape index (κ3) is 4.06. The van der Waals surface area contributed by atoms with Gasteiger partial charge in [0.15, 0.2) is 0 Å². The van der Waals surface area contributed by atoms with E-state index in [0.29, 0.717) is 12.3 Å². The lowest BCUT2D eigenvalue weighted by molar-refractivity contribution is -0.132. The van der Waals surface area contributed by atoms with E-state index in [1.807, 2.05) is 36.1 Å². The SMILES string of the molecule is CCC(O)C1CCN(C(=O)Cc2cccc(Br)c2)CC1. The first-order valence-corrected chi connectivity index (χ1v) is 8.09. The first kappa shape index (κ1) is 15.5. The minimum absolute atomic E-state index is 0.188. The summed E-state index contributed by atoms with van der Waals surface area (Å²) in [4.78, 5) is 14.2. The summed E-state index contributed by atoms with van der Waals surface area (Å²) in [7, 11) is 0. The zero-order valence-electron chi connectivity index (χ0n) is 11.9. The Kier molecular flexibility index (Phi) is 5.61. The molecule has 0 spiro atoms. The van der Waals surface area contributed by atoms with Crippen molar-refractivity contribution in [1.82, 2.24) is 4.90 Å². The van der Waals surface area contributed by atoms with Crippen molar-refractivity contribution in [3.05, 3.63) is 34.3 Å². The van der Waals surface area contributed by atoms with Crippen LogP contribution in [0.25, 0.3) is 0 Å². The molecule has 0 aromatic heterocycles. The van der Waals surface area contributed by atoms with Crippen LogP contribution in [0.3, 0.4) is 0 Å². The number of benzene rings is 1. The normalized spacial score (nSPS) is 18.1. The average Bonchev–Trinajstić information content (AvgIpc) is 2.46. The standard InChI is InChI=1S/C16H22BrNO2/c1-2-15(19)13-6-8-18(9-7-13)16(20)11-12-4-3-5-14(17)10-12/h3-5,10,13,15,19H,2,6-9,11H2,1H3. The molecule has 1 saturated heterocycles. The quantitative estimate of drug-likeness (QED) is 0.915. The molecule has 2 rings (SSSR count). The van der Waals surface area contributed by atoms with E-state index in [0.717, 1.165) is 42.4 Å². The zero-order chi connectivity index (χ0) is 14.5. The minimum Gasteiger partial charge on any atom is -0.393 e. The number of amides is 1. The van der Waals surface area contributed by atoms with E-state index >= 15 is 0 Å². The number of aliphatic hydroxyl groups is 1. The molecular weight excluding hydrogens is 318 g/mol. The zero-order valence-corrected chi connectivity index (χ0v) is 13.5. The van der Waals surface area contributed by atoms with Gasteiger partial charge in [0.25, 0.3) is 0 Å². The number of carbonyl (C=O) groups is 1.